The van der Waals surface area contributed by atoms with E-state index in [2.05, 4.69) is 0 Å². The van der Waals surface area contributed by atoms with E-state index < -0.39 is 0 Å². The van der Waals surface area contributed by atoms with Crippen LogP contribution in [0.5, 0.6) is 0 Å². The number of hydrogen-bond donors (Lipinski definition) is 1. The summed E-state index contributed by atoms with van der Waals surface area (Å²) in [7, 11) is 0. The van der Waals surface area contributed by atoms with Crippen molar-refractivity contribution in [2.24, 2.45) is 5.73 Å². The molecule has 4 nitrogen and oxygen atoms in total. The smallest absolute Gasteiger partial charge is 0.255 e. The Balaban J connectivity index is 2.07. The average molecular weight is 269 g/mol. The zero-order chi connectivity index (χ0) is 13.0. The molecule has 98 valence electrons. The fourth-order valence-electron chi connectivity index (χ4n) is 2.07. The Morgan fingerprint density at radius 2 is 2.28 bits per heavy atom. The molecule has 0 saturated carbocycles. The number of nitrogens with two attached hydrogens (primary N) is 1. The lowest BCUT2D eigenvalue weighted by atomic mass is 10.1. The van der Waals surface area contributed by atoms with Crippen molar-refractivity contribution in [1.82, 2.24) is 4.90 Å². The summed E-state index contributed by atoms with van der Waals surface area (Å²) in [5.74, 6) is -0.0362. The van der Waals surface area contributed by atoms with Crippen LogP contribution < -0.4 is 5.73 Å². The normalized spacial score (nSPS) is 19.9. The minimum atomic E-state index is -0.0362. The average Bonchev–Trinajstić information content (AvgIpc) is 2.39. The highest BCUT2D eigenvalue weighted by molar-refractivity contribution is 6.33. The van der Waals surface area contributed by atoms with Crippen molar-refractivity contribution in [3.8, 4) is 0 Å². The third-order valence-electron chi connectivity index (χ3n) is 3.02. The summed E-state index contributed by atoms with van der Waals surface area (Å²) in [4.78, 5) is 14.1. The summed E-state index contributed by atoms with van der Waals surface area (Å²) in [5, 5.41) is 0.490. The van der Waals surface area contributed by atoms with Crippen molar-refractivity contribution >= 4 is 17.5 Å². The molecule has 1 amide bonds. The van der Waals surface area contributed by atoms with Crippen LogP contribution in [0.4, 0.5) is 0 Å². The van der Waals surface area contributed by atoms with Gasteiger partial charge in [-0.3, -0.25) is 4.79 Å². The van der Waals surface area contributed by atoms with Crippen molar-refractivity contribution in [3.05, 3.63) is 34.9 Å². The van der Waals surface area contributed by atoms with E-state index in [9.17, 15) is 4.79 Å². The molecule has 2 rings (SSSR count). The van der Waals surface area contributed by atoms with Gasteiger partial charge in [0.25, 0.3) is 5.91 Å². The maximum absolute atomic E-state index is 12.3. The van der Waals surface area contributed by atoms with E-state index >= 15 is 0 Å². The fraction of sp³-hybridized carbons (Fsp3) is 0.462. The molecule has 1 aromatic carbocycles. The van der Waals surface area contributed by atoms with E-state index in [-0.39, 0.29) is 12.0 Å². The van der Waals surface area contributed by atoms with Crippen molar-refractivity contribution in [3.63, 3.8) is 0 Å². The van der Waals surface area contributed by atoms with Gasteiger partial charge in [0, 0.05) is 13.1 Å². The van der Waals surface area contributed by atoms with Gasteiger partial charge >= 0.3 is 0 Å². The summed E-state index contributed by atoms with van der Waals surface area (Å²) in [6, 6.07) is 7.11. The second-order valence-corrected chi connectivity index (χ2v) is 4.71. The Bertz CT molecular complexity index is 423. The lowest BCUT2D eigenvalue weighted by Gasteiger charge is -2.33. The minimum absolute atomic E-state index is 0.0362. The van der Waals surface area contributed by atoms with Gasteiger partial charge in [0.15, 0.2) is 0 Å². The van der Waals surface area contributed by atoms with Crippen molar-refractivity contribution < 1.29 is 9.53 Å². The van der Waals surface area contributed by atoms with Gasteiger partial charge in [-0.15, -0.1) is 0 Å². The van der Waals surface area contributed by atoms with Crippen LogP contribution in [-0.2, 0) is 4.74 Å². The first-order valence-corrected chi connectivity index (χ1v) is 6.45. The van der Waals surface area contributed by atoms with Gasteiger partial charge < -0.3 is 15.4 Å². The van der Waals surface area contributed by atoms with Crippen molar-refractivity contribution in [2.75, 3.05) is 26.2 Å². The van der Waals surface area contributed by atoms with Crippen LogP contribution in [0.25, 0.3) is 0 Å². The van der Waals surface area contributed by atoms with Crippen LogP contribution in [0.2, 0.25) is 5.02 Å². The highest BCUT2D eigenvalue weighted by Gasteiger charge is 2.25. The molecule has 18 heavy (non-hydrogen) atoms. The molecule has 1 saturated heterocycles. The van der Waals surface area contributed by atoms with E-state index in [1.807, 2.05) is 12.1 Å². The molecule has 1 unspecified atom stereocenters. The minimum Gasteiger partial charge on any atom is -0.374 e. The number of morpholine rings is 1. The number of hydrogen-bond acceptors (Lipinski definition) is 3. The van der Waals surface area contributed by atoms with Crippen LogP contribution >= 0.6 is 11.6 Å². The first-order chi connectivity index (χ1) is 8.72. The molecule has 0 spiro atoms. The molecule has 1 aromatic rings. The molecule has 0 radical (unpaired) electrons. The maximum Gasteiger partial charge on any atom is 0.255 e. The number of amides is 1. The molecule has 1 atom stereocenters. The Kier molecular flexibility index (Phi) is 4.58. The van der Waals surface area contributed by atoms with Gasteiger partial charge in [-0.1, -0.05) is 23.7 Å². The van der Waals surface area contributed by atoms with E-state index in [4.69, 9.17) is 22.1 Å². The van der Waals surface area contributed by atoms with Crippen molar-refractivity contribution in [1.29, 1.82) is 0 Å². The highest BCUT2D eigenvalue weighted by Crippen LogP contribution is 2.19. The quantitative estimate of drug-likeness (QED) is 0.905. The third kappa shape index (κ3) is 3.02. The van der Waals surface area contributed by atoms with Gasteiger partial charge in [0.1, 0.15) is 0 Å². The highest BCUT2D eigenvalue weighted by atomic mass is 35.5. The van der Waals surface area contributed by atoms with E-state index in [0.717, 1.165) is 6.42 Å². The number of carbonyl (C=O) groups excluding carboxylic acids is 1. The third-order valence-corrected chi connectivity index (χ3v) is 3.35. The molecule has 1 aliphatic rings. The molecule has 1 aliphatic heterocycles. The van der Waals surface area contributed by atoms with Gasteiger partial charge in [0.05, 0.1) is 23.3 Å². The summed E-state index contributed by atoms with van der Waals surface area (Å²) < 4.78 is 5.56. The lowest BCUT2D eigenvalue weighted by Crippen LogP contribution is -2.46. The molecule has 0 bridgehead atoms. The van der Waals surface area contributed by atoms with Crippen LogP contribution in [0, 0.1) is 0 Å². The topological polar surface area (TPSA) is 55.6 Å². The fourth-order valence-corrected chi connectivity index (χ4v) is 2.29. The molecular weight excluding hydrogens is 252 g/mol. The number of rotatable bonds is 3. The first-order valence-electron chi connectivity index (χ1n) is 6.08. The Morgan fingerprint density at radius 3 is 3.00 bits per heavy atom. The zero-order valence-electron chi connectivity index (χ0n) is 10.1. The first kappa shape index (κ1) is 13.3. The molecule has 2 N–H and O–H groups in total. The summed E-state index contributed by atoms with van der Waals surface area (Å²) in [6.07, 6.45) is 0.807. The molecule has 0 aromatic heterocycles. The second-order valence-electron chi connectivity index (χ2n) is 4.30. The summed E-state index contributed by atoms with van der Waals surface area (Å²) in [6.45, 7) is 2.31. The zero-order valence-corrected chi connectivity index (χ0v) is 10.9. The monoisotopic (exact) mass is 268 g/mol. The Labute approximate surface area is 112 Å². The van der Waals surface area contributed by atoms with E-state index in [1.165, 1.54) is 0 Å². The predicted octanol–water partition coefficient (Wildman–Crippen LogP) is 1.53. The number of halogens is 1. The second kappa shape index (κ2) is 6.18. The number of benzene rings is 1. The predicted molar refractivity (Wildman–Crippen MR) is 70.8 cm³/mol. The lowest BCUT2D eigenvalue weighted by molar-refractivity contribution is -0.0236. The molecule has 0 aliphatic carbocycles. The summed E-state index contributed by atoms with van der Waals surface area (Å²) >= 11 is 6.04. The summed E-state index contributed by atoms with van der Waals surface area (Å²) in [5.41, 5.74) is 6.06. The standard InChI is InChI=1S/C13H17ClN2O2/c14-12-4-2-1-3-11(12)13(17)16-7-8-18-10(9-16)5-6-15/h1-4,10H,5-9,15H2. The molecular formula is C13H17ClN2O2. The Morgan fingerprint density at radius 1 is 1.50 bits per heavy atom. The van der Waals surface area contributed by atoms with E-state index in [0.29, 0.717) is 36.8 Å². The molecule has 1 fully saturated rings. The van der Waals surface area contributed by atoms with Crippen molar-refractivity contribution in [2.45, 2.75) is 12.5 Å². The van der Waals surface area contributed by atoms with Crippen LogP contribution in [0.3, 0.4) is 0 Å². The number of nitrogens with zero attached hydrogens (tertiary/aromatic N) is 1. The van der Waals surface area contributed by atoms with Crippen LogP contribution in [0.1, 0.15) is 16.8 Å². The van der Waals surface area contributed by atoms with Gasteiger partial charge in [-0.05, 0) is 25.1 Å². The van der Waals surface area contributed by atoms with Crippen LogP contribution in [0.15, 0.2) is 24.3 Å². The van der Waals surface area contributed by atoms with Gasteiger partial charge in [-0.2, -0.15) is 0 Å². The number of carbonyl (C=O) groups is 1. The largest absolute Gasteiger partial charge is 0.374 e. The SMILES string of the molecule is NCCC1CN(C(=O)c2ccccc2Cl)CCO1. The number of ether oxygens (including phenoxy) is 1. The molecule has 1 heterocycles. The maximum atomic E-state index is 12.3. The van der Waals surface area contributed by atoms with Crippen LogP contribution in [-0.4, -0.2) is 43.2 Å². The molecule has 5 heteroatoms. The Hall–Kier alpha value is -1.10. The van der Waals surface area contributed by atoms with Gasteiger partial charge in [-0.25, -0.2) is 0 Å². The van der Waals surface area contributed by atoms with E-state index in [1.54, 1.807) is 17.0 Å². The van der Waals surface area contributed by atoms with Gasteiger partial charge in [0.2, 0.25) is 0 Å².